The van der Waals surface area contributed by atoms with E-state index in [0.717, 1.165) is 41.9 Å². The van der Waals surface area contributed by atoms with Crippen molar-refractivity contribution in [1.82, 2.24) is 5.32 Å². The van der Waals surface area contributed by atoms with Gasteiger partial charge in [-0.2, -0.15) is 0 Å². The lowest BCUT2D eigenvalue weighted by atomic mass is 9.88. The fourth-order valence-electron chi connectivity index (χ4n) is 4.60. The molecule has 2 rings (SSSR count). The molecule has 1 atom stereocenters. The summed E-state index contributed by atoms with van der Waals surface area (Å²) in [6.45, 7) is 9.68. The van der Waals surface area contributed by atoms with Gasteiger partial charge in [-0.1, -0.05) is 57.4 Å². The highest BCUT2D eigenvalue weighted by Gasteiger charge is 2.23. The van der Waals surface area contributed by atoms with Crippen LogP contribution in [0, 0.1) is 11.8 Å². The lowest BCUT2D eigenvalue weighted by molar-refractivity contribution is -0.894. The monoisotopic (exact) mass is 482 g/mol. The standard InChI is InChI=1S/C25H42N2O.CH4O3S/c1-20(2)18-22-12-14-24(15-13-22)21(3)25(28)26-16-9-17-27(4,5)19-23-10-7-6-8-11-23;1-5(2,3)4/h12-15,20-21,23H,6-11,16-19H2,1-5H3;1H3,(H,2,3,4). The van der Waals surface area contributed by atoms with Crippen LogP contribution >= 0.6 is 0 Å². The second kappa shape index (κ2) is 14.1. The Morgan fingerprint density at radius 1 is 1.09 bits per heavy atom. The minimum atomic E-state index is -3.92. The van der Waals surface area contributed by atoms with Gasteiger partial charge in [-0.3, -0.25) is 4.79 Å². The number of amides is 1. The van der Waals surface area contributed by atoms with Gasteiger partial charge >= 0.3 is 0 Å². The van der Waals surface area contributed by atoms with E-state index in [9.17, 15) is 4.79 Å². The zero-order valence-corrected chi connectivity index (χ0v) is 22.4. The van der Waals surface area contributed by atoms with Crippen molar-refractivity contribution in [2.45, 2.75) is 71.6 Å². The van der Waals surface area contributed by atoms with Gasteiger partial charge in [-0.15, -0.1) is 0 Å². The predicted molar refractivity (Wildman–Crippen MR) is 135 cm³/mol. The Hall–Kier alpha value is -1.44. The first-order valence-corrected chi connectivity index (χ1v) is 14.2. The molecule has 190 valence electrons. The summed E-state index contributed by atoms with van der Waals surface area (Å²) in [6.07, 6.45) is 9.81. The van der Waals surface area contributed by atoms with E-state index >= 15 is 0 Å². The smallest absolute Gasteiger partial charge is 0.227 e. The maximum absolute atomic E-state index is 12.5. The second-order valence-corrected chi connectivity index (χ2v) is 12.2. The molecule has 0 heterocycles. The van der Waals surface area contributed by atoms with Crippen molar-refractivity contribution in [2.24, 2.45) is 11.8 Å². The summed E-state index contributed by atoms with van der Waals surface area (Å²) in [5, 5.41) is 3.16. The highest BCUT2D eigenvalue weighted by Crippen LogP contribution is 2.25. The molecule has 1 aliphatic carbocycles. The first kappa shape index (κ1) is 29.6. The topological polar surface area (TPSA) is 86.3 Å². The van der Waals surface area contributed by atoms with Gasteiger partial charge in [-0.25, -0.2) is 8.42 Å². The van der Waals surface area contributed by atoms with Crippen LogP contribution in [0.25, 0.3) is 0 Å². The van der Waals surface area contributed by atoms with Crippen LogP contribution in [0.2, 0.25) is 0 Å². The third-order valence-corrected chi connectivity index (χ3v) is 6.23. The molecule has 1 aromatic carbocycles. The quantitative estimate of drug-likeness (QED) is 0.306. The largest absolute Gasteiger partial charge is 0.748 e. The Bertz CT molecular complexity index is 790. The molecule has 1 fully saturated rings. The van der Waals surface area contributed by atoms with Crippen LogP contribution in [0.15, 0.2) is 24.3 Å². The Kier molecular flexibility index (Phi) is 12.6. The third kappa shape index (κ3) is 14.4. The third-order valence-electron chi connectivity index (χ3n) is 6.23. The van der Waals surface area contributed by atoms with Crippen LogP contribution in [-0.4, -0.2) is 63.3 Å². The molecule has 0 spiro atoms. The number of hydrogen-bond donors (Lipinski definition) is 1. The van der Waals surface area contributed by atoms with Gasteiger partial charge in [0.2, 0.25) is 5.91 Å². The second-order valence-electron chi connectivity index (χ2n) is 10.8. The summed E-state index contributed by atoms with van der Waals surface area (Å²) in [6, 6.07) is 8.58. The molecule has 1 saturated carbocycles. The van der Waals surface area contributed by atoms with Crippen molar-refractivity contribution in [3.8, 4) is 0 Å². The van der Waals surface area contributed by atoms with E-state index in [1.165, 1.54) is 44.2 Å². The number of carbonyl (C=O) groups excluding carboxylic acids is 1. The van der Waals surface area contributed by atoms with Gasteiger partial charge in [0.05, 0.1) is 43.2 Å². The first-order chi connectivity index (χ1) is 15.3. The molecule has 0 saturated heterocycles. The maximum Gasteiger partial charge on any atom is 0.227 e. The van der Waals surface area contributed by atoms with Crippen LogP contribution < -0.4 is 5.32 Å². The average molecular weight is 483 g/mol. The Labute approximate surface area is 202 Å². The maximum atomic E-state index is 12.5. The van der Waals surface area contributed by atoms with Crippen LogP contribution in [0.4, 0.5) is 0 Å². The molecule has 1 N–H and O–H groups in total. The van der Waals surface area contributed by atoms with Crippen LogP contribution in [0.5, 0.6) is 0 Å². The number of nitrogens with one attached hydrogen (secondary N) is 1. The predicted octanol–water partition coefficient (Wildman–Crippen LogP) is 4.31. The summed E-state index contributed by atoms with van der Waals surface area (Å²) in [5.41, 5.74) is 2.46. The van der Waals surface area contributed by atoms with E-state index in [0.29, 0.717) is 12.2 Å². The van der Waals surface area contributed by atoms with Gasteiger partial charge in [-0.05, 0) is 43.2 Å². The number of benzene rings is 1. The fraction of sp³-hybridized carbons (Fsp3) is 0.731. The zero-order valence-electron chi connectivity index (χ0n) is 21.6. The minimum Gasteiger partial charge on any atom is -0.748 e. The van der Waals surface area contributed by atoms with E-state index in [1.54, 1.807) is 0 Å². The molecule has 1 aliphatic rings. The van der Waals surface area contributed by atoms with Crippen LogP contribution in [-0.2, 0) is 21.3 Å². The summed E-state index contributed by atoms with van der Waals surface area (Å²) in [5.74, 6) is 1.62. The summed E-state index contributed by atoms with van der Waals surface area (Å²) < 4.78 is 28.3. The molecular formula is C26H46N2O4S. The van der Waals surface area contributed by atoms with Gasteiger partial charge in [0.15, 0.2) is 0 Å². The summed E-state index contributed by atoms with van der Waals surface area (Å²) in [7, 11) is 0.773. The SMILES string of the molecule is CC(C)Cc1ccc(C(C)C(=O)NCCC[N+](C)(C)CC2CCCCC2)cc1.CS(=O)(=O)[O-]. The molecular weight excluding hydrogens is 436 g/mol. The molecule has 7 heteroatoms. The Balaban J connectivity index is 0.000000981. The molecule has 1 amide bonds. The number of hydrogen-bond acceptors (Lipinski definition) is 4. The van der Waals surface area contributed by atoms with E-state index in [-0.39, 0.29) is 11.8 Å². The van der Waals surface area contributed by atoms with E-state index in [2.05, 4.69) is 57.5 Å². The van der Waals surface area contributed by atoms with Crippen LogP contribution in [0.1, 0.15) is 76.3 Å². The van der Waals surface area contributed by atoms with Gasteiger partial charge in [0.25, 0.3) is 0 Å². The van der Waals surface area contributed by atoms with E-state index in [4.69, 9.17) is 13.0 Å². The normalized spacial score (nSPS) is 16.1. The van der Waals surface area contributed by atoms with Gasteiger partial charge < -0.3 is 14.4 Å². The van der Waals surface area contributed by atoms with E-state index < -0.39 is 10.1 Å². The Morgan fingerprint density at radius 3 is 2.15 bits per heavy atom. The van der Waals surface area contributed by atoms with Crippen molar-refractivity contribution in [3.05, 3.63) is 35.4 Å². The lowest BCUT2D eigenvalue weighted by Gasteiger charge is -2.35. The highest BCUT2D eigenvalue weighted by molar-refractivity contribution is 7.84. The summed E-state index contributed by atoms with van der Waals surface area (Å²) in [4.78, 5) is 12.5. The van der Waals surface area contributed by atoms with Crippen molar-refractivity contribution in [2.75, 3.05) is 40.0 Å². The molecule has 6 nitrogen and oxygen atoms in total. The average Bonchev–Trinajstić information content (AvgIpc) is 2.70. The van der Waals surface area contributed by atoms with Crippen molar-refractivity contribution in [3.63, 3.8) is 0 Å². The van der Waals surface area contributed by atoms with Crippen molar-refractivity contribution < 1.29 is 22.2 Å². The molecule has 0 aliphatic heterocycles. The molecule has 0 radical (unpaired) electrons. The molecule has 0 aromatic heterocycles. The Morgan fingerprint density at radius 2 is 1.64 bits per heavy atom. The van der Waals surface area contributed by atoms with Crippen LogP contribution in [0.3, 0.4) is 0 Å². The minimum absolute atomic E-state index is 0.0853. The van der Waals surface area contributed by atoms with Gasteiger partial charge in [0.1, 0.15) is 0 Å². The number of quaternary nitrogens is 1. The van der Waals surface area contributed by atoms with Crippen molar-refractivity contribution in [1.29, 1.82) is 0 Å². The first-order valence-electron chi connectivity index (χ1n) is 12.4. The molecule has 0 bridgehead atoms. The fourth-order valence-corrected chi connectivity index (χ4v) is 4.60. The highest BCUT2D eigenvalue weighted by atomic mass is 32.2. The molecule has 33 heavy (non-hydrogen) atoms. The zero-order chi connectivity index (χ0) is 25.1. The number of nitrogens with zero attached hydrogens (tertiary/aromatic N) is 1. The van der Waals surface area contributed by atoms with E-state index in [1.807, 2.05) is 6.92 Å². The number of rotatable bonds is 10. The van der Waals surface area contributed by atoms with Gasteiger partial charge in [0, 0.05) is 25.1 Å². The number of carbonyl (C=O) groups is 1. The molecule has 1 aromatic rings. The summed E-state index contributed by atoms with van der Waals surface area (Å²) >= 11 is 0. The van der Waals surface area contributed by atoms with Crippen molar-refractivity contribution >= 4 is 16.0 Å². The molecule has 1 unspecified atom stereocenters. The lowest BCUT2D eigenvalue weighted by Crippen LogP contribution is -2.45.